The minimum atomic E-state index is -1.18. The van der Waals surface area contributed by atoms with Crippen molar-refractivity contribution in [1.29, 1.82) is 0 Å². The quantitative estimate of drug-likeness (QED) is 0.784. The zero-order valence-corrected chi connectivity index (χ0v) is 14.6. The molecule has 1 aromatic rings. The molecule has 2 nitrogen and oxygen atoms in total. The van der Waals surface area contributed by atoms with Crippen LogP contribution in [0.1, 0.15) is 18.9 Å². The van der Waals surface area contributed by atoms with Gasteiger partial charge in [-0.1, -0.05) is 49.1 Å². The lowest BCUT2D eigenvalue weighted by Crippen LogP contribution is -2.37. The van der Waals surface area contributed by atoms with E-state index in [1.165, 1.54) is 10.8 Å². The topological polar surface area (TPSA) is 29.1 Å². The molecular weight excluding hydrogens is 270 g/mol. The summed E-state index contributed by atoms with van der Waals surface area (Å²) < 4.78 is 11.0. The van der Waals surface area contributed by atoms with Gasteiger partial charge in [0.1, 0.15) is 0 Å². The van der Waals surface area contributed by atoms with E-state index >= 15 is 0 Å². The lowest BCUT2D eigenvalue weighted by molar-refractivity contribution is 0.535. The average Bonchev–Trinajstić information content (AvgIpc) is 2.33. The number of hydrogen-bond donors (Lipinski definition) is 1. The van der Waals surface area contributed by atoms with Crippen molar-refractivity contribution in [3.63, 3.8) is 0 Å². The van der Waals surface area contributed by atoms with Gasteiger partial charge in [0.25, 0.3) is 0 Å². The van der Waals surface area contributed by atoms with Gasteiger partial charge in [0.15, 0.2) is 0 Å². The zero-order valence-electron chi connectivity index (χ0n) is 12.8. The number of rotatable bonds is 7. The fourth-order valence-corrected chi connectivity index (χ4v) is 3.71. The van der Waals surface area contributed by atoms with E-state index in [0.717, 1.165) is 18.7 Å². The van der Waals surface area contributed by atoms with E-state index in [-0.39, 0.29) is 0 Å². The minimum absolute atomic E-state index is 0.417. The smallest absolute Gasteiger partial charge is 0.0775 e. The van der Waals surface area contributed by atoms with Gasteiger partial charge in [0.2, 0.25) is 0 Å². The van der Waals surface area contributed by atoms with Gasteiger partial charge in [0.05, 0.1) is 8.07 Å². The van der Waals surface area contributed by atoms with Gasteiger partial charge in [-0.15, -0.1) is 0 Å². The van der Waals surface area contributed by atoms with Crippen molar-refractivity contribution < 1.29 is 4.21 Å². The van der Waals surface area contributed by atoms with Crippen LogP contribution in [-0.2, 0) is 17.3 Å². The summed E-state index contributed by atoms with van der Waals surface area (Å²) in [5.74, 6) is 0.780. The van der Waals surface area contributed by atoms with Crippen molar-refractivity contribution in [1.82, 2.24) is 5.32 Å². The van der Waals surface area contributed by atoms with Crippen LogP contribution in [0.5, 0.6) is 0 Å². The van der Waals surface area contributed by atoms with E-state index in [4.69, 9.17) is 0 Å². The van der Waals surface area contributed by atoms with Crippen LogP contribution in [0.15, 0.2) is 24.3 Å². The molecule has 2 unspecified atom stereocenters. The van der Waals surface area contributed by atoms with E-state index in [1.807, 2.05) is 0 Å². The Balaban J connectivity index is 2.44. The van der Waals surface area contributed by atoms with Gasteiger partial charge in [0, 0.05) is 35.4 Å². The summed E-state index contributed by atoms with van der Waals surface area (Å²) in [5, 5.41) is 4.99. The highest BCUT2D eigenvalue weighted by Crippen LogP contribution is 2.05. The van der Waals surface area contributed by atoms with E-state index in [9.17, 15) is 4.21 Å². The molecule has 0 saturated heterocycles. The Morgan fingerprint density at radius 2 is 1.79 bits per heavy atom. The van der Waals surface area contributed by atoms with Crippen LogP contribution in [0.25, 0.3) is 0 Å². The van der Waals surface area contributed by atoms with Crippen LogP contribution >= 0.6 is 0 Å². The fourth-order valence-electron chi connectivity index (χ4n) is 1.86. The maximum Gasteiger partial charge on any atom is 0.0775 e. The molecule has 1 aromatic carbocycles. The molecule has 0 heterocycles. The molecule has 0 aromatic heterocycles. The van der Waals surface area contributed by atoms with Crippen LogP contribution in [0.3, 0.4) is 0 Å². The van der Waals surface area contributed by atoms with Gasteiger partial charge in [-0.3, -0.25) is 4.21 Å². The molecule has 0 radical (unpaired) electrons. The Kier molecular flexibility index (Phi) is 6.43. The maximum atomic E-state index is 11.0. The molecule has 0 fully saturated rings. The maximum absolute atomic E-state index is 11.0. The second-order valence-corrected chi connectivity index (χ2v) is 12.9. The molecule has 19 heavy (non-hydrogen) atoms. The molecule has 4 heteroatoms. The van der Waals surface area contributed by atoms with E-state index in [0.29, 0.717) is 6.04 Å². The van der Waals surface area contributed by atoms with Crippen LogP contribution < -0.4 is 10.5 Å². The molecule has 0 amide bonds. The summed E-state index contributed by atoms with van der Waals surface area (Å²) in [4.78, 5) is 0. The zero-order chi connectivity index (χ0) is 14.5. The second kappa shape index (κ2) is 7.36. The van der Waals surface area contributed by atoms with Crippen LogP contribution in [-0.4, -0.2) is 30.3 Å². The summed E-state index contributed by atoms with van der Waals surface area (Å²) >= 11 is 0. The van der Waals surface area contributed by atoms with Gasteiger partial charge >= 0.3 is 0 Å². The molecule has 0 bridgehead atoms. The first kappa shape index (κ1) is 16.6. The predicted octanol–water partition coefficient (Wildman–Crippen LogP) is 2.48. The highest BCUT2D eigenvalue weighted by atomic mass is 32.2. The molecule has 0 spiro atoms. The minimum Gasteiger partial charge on any atom is -0.310 e. The van der Waals surface area contributed by atoms with E-state index in [2.05, 4.69) is 56.1 Å². The van der Waals surface area contributed by atoms with Crippen molar-refractivity contribution in [2.45, 2.75) is 45.6 Å². The Bertz CT molecular complexity index is 411. The van der Waals surface area contributed by atoms with E-state index in [1.54, 1.807) is 6.26 Å². The lowest BCUT2D eigenvalue weighted by Gasteiger charge is -2.17. The first-order valence-electron chi connectivity index (χ1n) is 6.92. The Morgan fingerprint density at radius 1 is 1.21 bits per heavy atom. The summed E-state index contributed by atoms with van der Waals surface area (Å²) in [7, 11) is -1.86. The molecule has 0 saturated carbocycles. The molecular formula is C15H27NOSSi. The summed E-state index contributed by atoms with van der Waals surface area (Å²) in [6.07, 6.45) is 2.73. The Labute approximate surface area is 121 Å². The summed E-state index contributed by atoms with van der Waals surface area (Å²) in [6, 6.07) is 9.42. The normalized spacial score (nSPS) is 15.2. The molecule has 1 rings (SSSR count). The highest BCUT2D eigenvalue weighted by molar-refractivity contribution is 7.84. The molecule has 1 N–H and O–H groups in total. The number of hydrogen-bond acceptors (Lipinski definition) is 2. The van der Waals surface area contributed by atoms with Crippen molar-refractivity contribution >= 4 is 24.1 Å². The largest absolute Gasteiger partial charge is 0.310 e. The van der Waals surface area contributed by atoms with Gasteiger partial charge < -0.3 is 5.32 Å². The van der Waals surface area contributed by atoms with Crippen LogP contribution in [0.4, 0.5) is 0 Å². The van der Waals surface area contributed by atoms with Crippen molar-refractivity contribution in [2.24, 2.45) is 0 Å². The van der Waals surface area contributed by atoms with Crippen molar-refractivity contribution in [3.05, 3.63) is 29.8 Å². The monoisotopic (exact) mass is 297 g/mol. The second-order valence-electron chi connectivity index (χ2n) is 6.29. The molecule has 0 aliphatic carbocycles. The molecule has 2 atom stereocenters. The van der Waals surface area contributed by atoms with Gasteiger partial charge in [-0.25, -0.2) is 0 Å². The summed E-state index contributed by atoms with van der Waals surface area (Å²) in [5.41, 5.74) is 1.33. The van der Waals surface area contributed by atoms with Crippen molar-refractivity contribution in [3.8, 4) is 0 Å². The van der Waals surface area contributed by atoms with Crippen LogP contribution in [0, 0.1) is 0 Å². The van der Waals surface area contributed by atoms with Crippen molar-refractivity contribution in [2.75, 3.05) is 12.0 Å². The molecule has 0 aliphatic heterocycles. The standard InChI is InChI=1S/C15H27NOSSi/c1-13(10-11-18(2)17)16-12-14-6-8-15(9-7-14)19(3,4)5/h6-9,13,16H,10-12H2,1-5H3. The van der Waals surface area contributed by atoms with Gasteiger partial charge in [-0.05, 0) is 18.9 Å². The first-order valence-corrected chi connectivity index (χ1v) is 12.1. The SMILES string of the molecule is CC(CCS(C)=O)NCc1ccc([Si](C)(C)C)cc1. The highest BCUT2D eigenvalue weighted by Gasteiger charge is 2.15. The molecule has 0 aliphatic rings. The van der Waals surface area contributed by atoms with E-state index < -0.39 is 18.9 Å². The predicted molar refractivity (Wildman–Crippen MR) is 89.3 cm³/mol. The fraction of sp³-hybridized carbons (Fsp3) is 0.600. The summed E-state index contributed by atoms with van der Waals surface area (Å²) in [6.45, 7) is 10.2. The Hall–Kier alpha value is -0.453. The third kappa shape index (κ3) is 6.50. The lowest BCUT2D eigenvalue weighted by atomic mass is 10.2. The molecule has 108 valence electrons. The Morgan fingerprint density at radius 3 is 2.26 bits per heavy atom. The third-order valence-corrected chi connectivity index (χ3v) is 6.19. The number of benzene rings is 1. The van der Waals surface area contributed by atoms with Gasteiger partial charge in [-0.2, -0.15) is 0 Å². The number of nitrogens with one attached hydrogen (secondary N) is 1. The first-order chi connectivity index (χ1) is 8.79. The van der Waals surface area contributed by atoms with Crippen LogP contribution in [0.2, 0.25) is 19.6 Å². The third-order valence-electron chi connectivity index (χ3n) is 3.31. The average molecular weight is 298 g/mol.